The first-order valence-corrected chi connectivity index (χ1v) is 6.76. The van der Waals surface area contributed by atoms with Gasteiger partial charge in [0.2, 0.25) is 0 Å². The molecule has 2 heteroatoms. The van der Waals surface area contributed by atoms with Crippen molar-refractivity contribution in [1.29, 1.82) is 0 Å². The topological polar surface area (TPSA) is 12.9 Å². The van der Waals surface area contributed by atoms with Crippen LogP contribution in [0.25, 0.3) is 32.9 Å². The molecular weight excluding hydrogens is 306 g/mol. The van der Waals surface area contributed by atoms with Crippen LogP contribution in [-0.4, -0.2) is 4.98 Å². The molecule has 4 rings (SSSR count). The molecule has 0 unspecified atom stereocenters. The Morgan fingerprint density at radius 3 is 1.57 bits per heavy atom. The Hall–Kier alpha value is -2.15. The third-order valence-corrected chi connectivity index (χ3v) is 3.65. The van der Waals surface area contributed by atoms with Crippen molar-refractivity contribution < 1.29 is 17.1 Å². The van der Waals surface area contributed by atoms with Crippen LogP contribution in [0.5, 0.6) is 0 Å². The van der Waals surface area contributed by atoms with Crippen LogP contribution in [0, 0.1) is 0 Å². The van der Waals surface area contributed by atoms with Gasteiger partial charge in [-0.05, 0) is 17.7 Å². The summed E-state index contributed by atoms with van der Waals surface area (Å²) in [6.07, 6.45) is 0. The van der Waals surface area contributed by atoms with Gasteiger partial charge in [0.1, 0.15) is 0 Å². The Bertz CT molecular complexity index is 847. The van der Waals surface area contributed by atoms with Crippen molar-refractivity contribution in [3.05, 3.63) is 78.9 Å². The fraction of sp³-hybridized carbons (Fsp3) is 0. The first-order chi connectivity index (χ1) is 9.93. The monoisotopic (exact) mass is 318 g/mol. The Kier molecular flexibility index (Phi) is 3.74. The van der Waals surface area contributed by atoms with Crippen LogP contribution in [0.4, 0.5) is 0 Å². The molecule has 0 saturated carbocycles. The predicted molar refractivity (Wildman–Crippen MR) is 84.7 cm³/mol. The van der Waals surface area contributed by atoms with Crippen LogP contribution in [-0.2, 0) is 17.1 Å². The van der Waals surface area contributed by atoms with Crippen molar-refractivity contribution in [3.63, 3.8) is 0 Å². The fourth-order valence-electron chi connectivity index (χ4n) is 2.76. The minimum atomic E-state index is 0. The van der Waals surface area contributed by atoms with Gasteiger partial charge in [-0.15, -0.1) is 0 Å². The molecular formula is C19H13CuN. The van der Waals surface area contributed by atoms with E-state index in [4.69, 9.17) is 4.98 Å². The van der Waals surface area contributed by atoms with Crippen LogP contribution in [0.2, 0.25) is 0 Å². The van der Waals surface area contributed by atoms with E-state index < -0.39 is 0 Å². The summed E-state index contributed by atoms with van der Waals surface area (Å²) in [5.74, 6) is 0. The van der Waals surface area contributed by atoms with Crippen LogP contribution >= 0.6 is 0 Å². The van der Waals surface area contributed by atoms with E-state index in [-0.39, 0.29) is 17.1 Å². The van der Waals surface area contributed by atoms with E-state index in [2.05, 4.69) is 66.7 Å². The van der Waals surface area contributed by atoms with Crippen LogP contribution in [0.1, 0.15) is 0 Å². The van der Waals surface area contributed by atoms with Gasteiger partial charge in [0.05, 0.1) is 11.0 Å². The van der Waals surface area contributed by atoms with Crippen molar-refractivity contribution in [2.45, 2.75) is 0 Å². The maximum Gasteiger partial charge on any atom is 0.0715 e. The summed E-state index contributed by atoms with van der Waals surface area (Å²) in [7, 11) is 0. The van der Waals surface area contributed by atoms with E-state index in [0.29, 0.717) is 0 Å². The number of rotatable bonds is 1. The summed E-state index contributed by atoms with van der Waals surface area (Å²) >= 11 is 0. The largest absolute Gasteiger partial charge is 0.248 e. The maximum absolute atomic E-state index is 4.76. The van der Waals surface area contributed by atoms with Gasteiger partial charge >= 0.3 is 0 Å². The molecule has 0 aliphatic carbocycles. The average Bonchev–Trinajstić information content (AvgIpc) is 2.53. The maximum atomic E-state index is 4.76. The number of hydrogen-bond donors (Lipinski definition) is 0. The van der Waals surface area contributed by atoms with Gasteiger partial charge < -0.3 is 0 Å². The number of pyridine rings is 1. The van der Waals surface area contributed by atoms with Crippen molar-refractivity contribution in [1.82, 2.24) is 4.98 Å². The molecule has 105 valence electrons. The molecule has 1 heterocycles. The molecule has 0 aliphatic heterocycles. The molecule has 0 saturated heterocycles. The van der Waals surface area contributed by atoms with Gasteiger partial charge in [-0.1, -0.05) is 66.7 Å². The van der Waals surface area contributed by atoms with E-state index in [9.17, 15) is 0 Å². The van der Waals surface area contributed by atoms with E-state index in [0.717, 1.165) is 11.0 Å². The third-order valence-electron chi connectivity index (χ3n) is 3.65. The van der Waals surface area contributed by atoms with Crippen LogP contribution in [0.15, 0.2) is 78.9 Å². The third kappa shape index (κ3) is 2.33. The number of fused-ring (bicyclic) bond motifs is 2. The SMILES string of the molecule is [Cu].c1ccc(-c2c3ccccc3nc3ccccc23)cc1. The van der Waals surface area contributed by atoms with E-state index in [1.54, 1.807) is 0 Å². The van der Waals surface area contributed by atoms with Crippen molar-refractivity contribution in [2.24, 2.45) is 0 Å². The predicted octanol–water partition coefficient (Wildman–Crippen LogP) is 5.05. The van der Waals surface area contributed by atoms with E-state index in [1.165, 1.54) is 21.9 Å². The van der Waals surface area contributed by atoms with Crippen LogP contribution in [0.3, 0.4) is 0 Å². The van der Waals surface area contributed by atoms with Crippen molar-refractivity contribution in [2.75, 3.05) is 0 Å². The van der Waals surface area contributed by atoms with Gasteiger partial charge in [0.15, 0.2) is 0 Å². The second-order valence-corrected chi connectivity index (χ2v) is 4.89. The molecule has 0 N–H and O–H groups in total. The Morgan fingerprint density at radius 2 is 1.00 bits per heavy atom. The zero-order chi connectivity index (χ0) is 13.4. The summed E-state index contributed by atoms with van der Waals surface area (Å²) in [5.41, 5.74) is 4.60. The second-order valence-electron chi connectivity index (χ2n) is 4.89. The second kappa shape index (κ2) is 5.69. The summed E-state index contributed by atoms with van der Waals surface area (Å²) in [6, 6.07) is 27.2. The average molecular weight is 319 g/mol. The number of nitrogens with zero attached hydrogens (tertiary/aromatic N) is 1. The summed E-state index contributed by atoms with van der Waals surface area (Å²) in [6.45, 7) is 0. The Labute approximate surface area is 134 Å². The molecule has 0 fully saturated rings. The molecule has 0 spiro atoms. The summed E-state index contributed by atoms with van der Waals surface area (Å²) in [5, 5.41) is 2.41. The normalized spacial score (nSPS) is 10.5. The molecule has 3 aromatic carbocycles. The minimum Gasteiger partial charge on any atom is -0.248 e. The number of hydrogen-bond acceptors (Lipinski definition) is 1. The summed E-state index contributed by atoms with van der Waals surface area (Å²) in [4.78, 5) is 4.76. The minimum absolute atomic E-state index is 0. The quantitative estimate of drug-likeness (QED) is 0.353. The number of para-hydroxylation sites is 2. The number of benzene rings is 3. The fourth-order valence-corrected chi connectivity index (χ4v) is 2.76. The summed E-state index contributed by atoms with van der Waals surface area (Å²) < 4.78 is 0. The standard InChI is InChI=1S/C19H13N.Cu/c1-2-8-14(9-3-1)19-15-10-4-6-12-17(15)20-18-13-7-5-11-16(18)19;/h1-13H;. The zero-order valence-corrected chi connectivity index (χ0v) is 12.2. The van der Waals surface area contributed by atoms with E-state index >= 15 is 0 Å². The molecule has 0 amide bonds. The molecule has 0 atom stereocenters. The van der Waals surface area contributed by atoms with Crippen molar-refractivity contribution >= 4 is 21.8 Å². The number of aromatic nitrogens is 1. The van der Waals surface area contributed by atoms with Gasteiger partial charge in [-0.3, -0.25) is 0 Å². The molecule has 1 nitrogen and oxygen atoms in total. The van der Waals surface area contributed by atoms with Gasteiger partial charge in [0, 0.05) is 33.4 Å². The molecule has 1 aromatic heterocycles. The van der Waals surface area contributed by atoms with Gasteiger partial charge in [0.25, 0.3) is 0 Å². The first kappa shape index (κ1) is 13.8. The molecule has 4 aromatic rings. The molecule has 0 aliphatic rings. The zero-order valence-electron chi connectivity index (χ0n) is 11.3. The molecule has 0 bridgehead atoms. The van der Waals surface area contributed by atoms with Crippen molar-refractivity contribution in [3.8, 4) is 11.1 Å². The smallest absolute Gasteiger partial charge is 0.0715 e. The van der Waals surface area contributed by atoms with E-state index in [1.807, 2.05) is 12.1 Å². The molecule has 1 radical (unpaired) electrons. The first-order valence-electron chi connectivity index (χ1n) is 6.76. The van der Waals surface area contributed by atoms with Crippen LogP contribution < -0.4 is 0 Å². The van der Waals surface area contributed by atoms with Gasteiger partial charge in [-0.2, -0.15) is 0 Å². The Balaban J connectivity index is 0.00000132. The molecule has 21 heavy (non-hydrogen) atoms. The van der Waals surface area contributed by atoms with Gasteiger partial charge in [-0.25, -0.2) is 4.98 Å². The Morgan fingerprint density at radius 1 is 0.524 bits per heavy atom.